The fourth-order valence-corrected chi connectivity index (χ4v) is 5.82. The molecule has 0 bridgehead atoms. The van der Waals surface area contributed by atoms with Crippen molar-refractivity contribution < 1.29 is 23.4 Å². The van der Waals surface area contributed by atoms with Crippen molar-refractivity contribution in [3.05, 3.63) is 70.6 Å². The van der Waals surface area contributed by atoms with Crippen LogP contribution in [0.2, 0.25) is 0 Å². The van der Waals surface area contributed by atoms with Crippen molar-refractivity contribution in [2.45, 2.75) is 61.7 Å². The summed E-state index contributed by atoms with van der Waals surface area (Å²) in [5, 5.41) is 1.45. The van der Waals surface area contributed by atoms with Gasteiger partial charge in [-0.2, -0.15) is 0 Å². The molecule has 200 valence electrons. The van der Waals surface area contributed by atoms with Crippen molar-refractivity contribution in [1.29, 1.82) is 0 Å². The van der Waals surface area contributed by atoms with Crippen LogP contribution in [0.4, 0.5) is 0 Å². The summed E-state index contributed by atoms with van der Waals surface area (Å²) in [7, 11) is 0. The Balaban J connectivity index is 1.13. The summed E-state index contributed by atoms with van der Waals surface area (Å²) in [5.74, 6) is 0.526. The highest BCUT2D eigenvalue weighted by Crippen LogP contribution is 2.36. The number of fused-ring (bicyclic) bond motifs is 1. The van der Waals surface area contributed by atoms with E-state index in [0.29, 0.717) is 56.2 Å². The summed E-state index contributed by atoms with van der Waals surface area (Å²) in [6.45, 7) is 6.96. The summed E-state index contributed by atoms with van der Waals surface area (Å²) in [4.78, 5) is 13.2. The quantitative estimate of drug-likeness (QED) is 0.164. The van der Waals surface area contributed by atoms with E-state index in [1.165, 1.54) is 37.3 Å². The zero-order valence-corrected chi connectivity index (χ0v) is 22.7. The molecule has 0 amide bonds. The molecule has 0 spiro atoms. The van der Waals surface area contributed by atoms with E-state index in [1.54, 1.807) is 0 Å². The summed E-state index contributed by atoms with van der Waals surface area (Å²) in [6.07, 6.45) is 5.99. The molecule has 6 nitrogen and oxygen atoms in total. The Labute approximate surface area is 223 Å². The van der Waals surface area contributed by atoms with Gasteiger partial charge in [0.15, 0.2) is 0 Å². The Morgan fingerprint density at radius 3 is 2.35 bits per heavy atom. The van der Waals surface area contributed by atoms with E-state index in [0.717, 1.165) is 16.7 Å². The highest BCUT2D eigenvalue weighted by molar-refractivity contribution is 8.00. The standard InChI is InChI=1S/C30H38O6S/c1-3-30(2,23-9-5-4-6-10-23)35-20-18-33-16-15-32-17-19-34-27-22-29(31)36-28-21-25(13-14-26(27)28)37-24-11-7-8-12-24/h4-6,9-10,13-14,21-22,24H,3,7-8,11-12,15-20H2,1-2H3. The summed E-state index contributed by atoms with van der Waals surface area (Å²) in [6, 6.07) is 17.7. The molecule has 7 heteroatoms. The first-order valence-electron chi connectivity index (χ1n) is 13.3. The number of hydrogen-bond donors (Lipinski definition) is 0. The molecule has 1 fully saturated rings. The minimum absolute atomic E-state index is 0.312. The topological polar surface area (TPSA) is 67.1 Å². The second-order valence-electron chi connectivity index (χ2n) is 9.48. The van der Waals surface area contributed by atoms with Gasteiger partial charge in [-0.15, -0.1) is 11.8 Å². The van der Waals surface area contributed by atoms with Crippen LogP contribution in [0.25, 0.3) is 11.0 Å². The van der Waals surface area contributed by atoms with Crippen molar-refractivity contribution in [1.82, 2.24) is 0 Å². The van der Waals surface area contributed by atoms with Gasteiger partial charge >= 0.3 is 5.63 Å². The molecular formula is C30H38O6S. The van der Waals surface area contributed by atoms with Gasteiger partial charge in [0.2, 0.25) is 0 Å². The van der Waals surface area contributed by atoms with Crippen LogP contribution in [-0.2, 0) is 19.8 Å². The maximum absolute atomic E-state index is 12.1. The van der Waals surface area contributed by atoms with Gasteiger partial charge in [0.25, 0.3) is 0 Å². The lowest BCUT2D eigenvalue weighted by atomic mass is 9.93. The van der Waals surface area contributed by atoms with Crippen LogP contribution in [0.5, 0.6) is 5.75 Å². The van der Waals surface area contributed by atoms with Crippen LogP contribution >= 0.6 is 11.8 Å². The second kappa shape index (κ2) is 14.0. The van der Waals surface area contributed by atoms with Crippen LogP contribution < -0.4 is 10.4 Å². The zero-order chi connectivity index (χ0) is 25.9. The van der Waals surface area contributed by atoms with E-state index in [2.05, 4.69) is 32.0 Å². The van der Waals surface area contributed by atoms with Crippen LogP contribution in [0, 0.1) is 0 Å². The van der Waals surface area contributed by atoms with Gasteiger partial charge in [-0.25, -0.2) is 4.79 Å². The zero-order valence-electron chi connectivity index (χ0n) is 21.9. The van der Waals surface area contributed by atoms with Gasteiger partial charge in [0.1, 0.15) is 17.9 Å². The van der Waals surface area contributed by atoms with Crippen molar-refractivity contribution in [3.8, 4) is 5.75 Å². The molecule has 0 saturated heterocycles. The van der Waals surface area contributed by atoms with Gasteiger partial charge in [-0.1, -0.05) is 50.1 Å². The fourth-order valence-electron chi connectivity index (χ4n) is 4.54. The van der Waals surface area contributed by atoms with Crippen molar-refractivity contribution in [2.24, 2.45) is 0 Å². The third-order valence-electron chi connectivity index (χ3n) is 6.85. The van der Waals surface area contributed by atoms with E-state index in [4.69, 9.17) is 23.4 Å². The van der Waals surface area contributed by atoms with Gasteiger partial charge in [0, 0.05) is 10.1 Å². The Morgan fingerprint density at radius 1 is 0.919 bits per heavy atom. The molecular weight excluding hydrogens is 488 g/mol. The number of benzene rings is 2. The lowest BCUT2D eigenvalue weighted by Crippen LogP contribution is -2.27. The summed E-state index contributed by atoms with van der Waals surface area (Å²) >= 11 is 1.87. The number of thioether (sulfide) groups is 1. The van der Waals surface area contributed by atoms with E-state index in [1.807, 2.05) is 42.1 Å². The van der Waals surface area contributed by atoms with Gasteiger partial charge in [-0.05, 0) is 49.9 Å². The van der Waals surface area contributed by atoms with Crippen LogP contribution in [0.1, 0.15) is 51.5 Å². The van der Waals surface area contributed by atoms with Crippen molar-refractivity contribution in [2.75, 3.05) is 39.6 Å². The smallest absolute Gasteiger partial charge is 0.339 e. The van der Waals surface area contributed by atoms with Gasteiger partial charge in [-0.3, -0.25) is 0 Å². The predicted octanol–water partition coefficient (Wildman–Crippen LogP) is 6.58. The molecule has 0 aliphatic heterocycles. The molecule has 0 radical (unpaired) electrons. The van der Waals surface area contributed by atoms with Crippen LogP contribution in [0.3, 0.4) is 0 Å². The fraction of sp³-hybridized carbons (Fsp3) is 0.500. The van der Waals surface area contributed by atoms with Gasteiger partial charge < -0.3 is 23.4 Å². The van der Waals surface area contributed by atoms with E-state index >= 15 is 0 Å². The number of rotatable bonds is 15. The molecule has 3 aromatic rings. The minimum Gasteiger partial charge on any atom is -0.490 e. The number of ether oxygens (including phenoxy) is 4. The SMILES string of the molecule is CCC(C)(OCCOCCOCCOc1cc(=O)oc2cc(SC3CCCC3)ccc12)c1ccccc1. The summed E-state index contributed by atoms with van der Waals surface area (Å²) < 4.78 is 28.7. The molecule has 1 aliphatic rings. The average Bonchev–Trinajstić information content (AvgIpc) is 3.42. The predicted molar refractivity (Wildman–Crippen MR) is 148 cm³/mol. The molecule has 0 N–H and O–H groups in total. The lowest BCUT2D eigenvalue weighted by Gasteiger charge is -2.29. The molecule has 4 rings (SSSR count). The highest BCUT2D eigenvalue weighted by atomic mass is 32.2. The Morgan fingerprint density at radius 2 is 1.62 bits per heavy atom. The molecule has 2 aromatic carbocycles. The van der Waals surface area contributed by atoms with E-state index in [9.17, 15) is 4.79 Å². The second-order valence-corrected chi connectivity index (χ2v) is 10.9. The molecule has 1 saturated carbocycles. The third-order valence-corrected chi connectivity index (χ3v) is 8.18. The molecule has 1 aromatic heterocycles. The average molecular weight is 527 g/mol. The largest absolute Gasteiger partial charge is 0.490 e. The molecule has 1 unspecified atom stereocenters. The van der Waals surface area contributed by atoms with E-state index < -0.39 is 5.63 Å². The first-order valence-corrected chi connectivity index (χ1v) is 14.2. The van der Waals surface area contributed by atoms with E-state index in [-0.39, 0.29) is 5.60 Å². The third kappa shape index (κ3) is 8.08. The Kier molecular flexibility index (Phi) is 10.5. The van der Waals surface area contributed by atoms with Crippen LogP contribution in [0.15, 0.2) is 68.7 Å². The minimum atomic E-state index is -0.409. The number of hydrogen-bond acceptors (Lipinski definition) is 7. The monoisotopic (exact) mass is 526 g/mol. The molecule has 1 aliphatic carbocycles. The normalized spacial score (nSPS) is 15.7. The maximum atomic E-state index is 12.1. The maximum Gasteiger partial charge on any atom is 0.339 e. The van der Waals surface area contributed by atoms with Crippen LogP contribution in [-0.4, -0.2) is 44.9 Å². The molecule has 37 heavy (non-hydrogen) atoms. The van der Waals surface area contributed by atoms with Gasteiger partial charge in [0.05, 0.1) is 50.1 Å². The first-order chi connectivity index (χ1) is 18.1. The van der Waals surface area contributed by atoms with Crippen molar-refractivity contribution in [3.63, 3.8) is 0 Å². The molecule has 1 heterocycles. The lowest BCUT2D eigenvalue weighted by molar-refractivity contribution is -0.0683. The Hall–Kier alpha value is -2.32. The highest BCUT2D eigenvalue weighted by Gasteiger charge is 2.24. The van der Waals surface area contributed by atoms with Crippen molar-refractivity contribution >= 4 is 22.7 Å². The summed E-state index contributed by atoms with van der Waals surface area (Å²) in [5.41, 5.74) is 1.02. The Bertz CT molecular complexity index is 1160. The first kappa shape index (κ1) is 27.7. The molecule has 1 atom stereocenters.